The van der Waals surface area contributed by atoms with Gasteiger partial charge in [0.05, 0.1) is 0 Å². The van der Waals surface area contributed by atoms with Crippen LogP contribution in [0.15, 0.2) is 0 Å². The van der Waals surface area contributed by atoms with E-state index in [0.717, 1.165) is 64.8 Å². The highest BCUT2D eigenvalue weighted by Gasteiger charge is 2.06. The number of nitrogens with two attached hydrogens (primary N) is 2. The van der Waals surface area contributed by atoms with Crippen LogP contribution in [0.25, 0.3) is 0 Å². The summed E-state index contributed by atoms with van der Waals surface area (Å²) in [6, 6.07) is 0. The predicted molar refractivity (Wildman–Crippen MR) is 76.3 cm³/mol. The lowest BCUT2D eigenvalue weighted by atomic mass is 10.2. The molecule has 5 N–H and O–H groups in total. The number of hydrogen-bond acceptors (Lipinski definition) is 4. The molecule has 18 heavy (non-hydrogen) atoms. The van der Waals surface area contributed by atoms with E-state index in [1.165, 1.54) is 0 Å². The zero-order valence-electron chi connectivity index (χ0n) is 11.8. The molecule has 0 spiro atoms. The van der Waals surface area contributed by atoms with Crippen LogP contribution in [-0.4, -0.2) is 50.1 Å². The topological polar surface area (TPSA) is 84.4 Å². The van der Waals surface area contributed by atoms with Gasteiger partial charge in [-0.25, -0.2) is 0 Å². The molecule has 0 saturated heterocycles. The fraction of sp³-hybridized carbons (Fsp3) is 0.923. The Bertz CT molecular complexity index is 199. The van der Waals surface area contributed by atoms with Gasteiger partial charge in [-0.15, -0.1) is 0 Å². The largest absolute Gasteiger partial charge is 0.343 e. The molecule has 0 saturated carbocycles. The van der Waals surface area contributed by atoms with Gasteiger partial charge >= 0.3 is 0 Å². The highest BCUT2D eigenvalue weighted by atomic mass is 16.2. The molecule has 0 fully saturated rings. The molecule has 0 aromatic heterocycles. The first-order chi connectivity index (χ1) is 8.72. The summed E-state index contributed by atoms with van der Waals surface area (Å²) in [5.74, 6) is 0.170. The predicted octanol–water partition coefficient (Wildman–Crippen LogP) is 0.292. The number of carbonyl (C=O) groups excluding carboxylic acids is 1. The van der Waals surface area contributed by atoms with Gasteiger partial charge in [-0.1, -0.05) is 0 Å². The van der Waals surface area contributed by atoms with Gasteiger partial charge in [0, 0.05) is 20.0 Å². The highest BCUT2D eigenvalue weighted by molar-refractivity contribution is 5.73. The third kappa shape index (κ3) is 10.5. The first-order valence-corrected chi connectivity index (χ1v) is 7.08. The standard InChI is InChI=1S/C13H30N4O/c1-13(18)17(11-4-2-7-14)12-5-3-9-16-10-6-8-15/h16H,2-12,14-15H2,1H3. The van der Waals surface area contributed by atoms with Crippen molar-refractivity contribution < 1.29 is 4.79 Å². The van der Waals surface area contributed by atoms with E-state index in [2.05, 4.69) is 5.32 Å². The highest BCUT2D eigenvalue weighted by Crippen LogP contribution is 1.99. The second-order valence-corrected chi connectivity index (χ2v) is 4.60. The van der Waals surface area contributed by atoms with Gasteiger partial charge in [-0.3, -0.25) is 4.79 Å². The monoisotopic (exact) mass is 258 g/mol. The number of nitrogens with zero attached hydrogens (tertiary/aromatic N) is 1. The number of rotatable bonds is 12. The zero-order valence-corrected chi connectivity index (χ0v) is 11.8. The zero-order chi connectivity index (χ0) is 13.6. The summed E-state index contributed by atoms with van der Waals surface area (Å²) in [7, 11) is 0. The van der Waals surface area contributed by atoms with E-state index in [1.807, 2.05) is 4.90 Å². The molecule has 0 heterocycles. The first kappa shape index (κ1) is 17.4. The van der Waals surface area contributed by atoms with Gasteiger partial charge in [-0.2, -0.15) is 0 Å². The van der Waals surface area contributed by atoms with Crippen molar-refractivity contribution in [1.29, 1.82) is 0 Å². The summed E-state index contributed by atoms with van der Waals surface area (Å²) in [5.41, 5.74) is 10.9. The molecule has 1 amide bonds. The molecule has 0 aromatic carbocycles. The molecule has 0 aliphatic carbocycles. The molecule has 0 radical (unpaired) electrons. The van der Waals surface area contributed by atoms with Crippen LogP contribution >= 0.6 is 0 Å². The van der Waals surface area contributed by atoms with Gasteiger partial charge < -0.3 is 21.7 Å². The number of carbonyl (C=O) groups is 1. The maximum Gasteiger partial charge on any atom is 0.219 e. The van der Waals surface area contributed by atoms with Crippen LogP contribution in [0.1, 0.15) is 39.0 Å². The van der Waals surface area contributed by atoms with Gasteiger partial charge in [0.1, 0.15) is 0 Å². The van der Waals surface area contributed by atoms with Gasteiger partial charge in [-0.05, 0) is 58.3 Å². The quantitative estimate of drug-likeness (QED) is 0.439. The van der Waals surface area contributed by atoms with Crippen LogP contribution in [0, 0.1) is 0 Å². The van der Waals surface area contributed by atoms with Crippen molar-refractivity contribution >= 4 is 5.91 Å². The maximum atomic E-state index is 11.4. The van der Waals surface area contributed by atoms with Crippen molar-refractivity contribution in [2.24, 2.45) is 11.5 Å². The maximum absolute atomic E-state index is 11.4. The van der Waals surface area contributed by atoms with Crippen molar-refractivity contribution in [3.8, 4) is 0 Å². The SMILES string of the molecule is CC(=O)N(CCCCN)CCCCNCCCN. The number of hydrogen-bond donors (Lipinski definition) is 3. The van der Waals surface area contributed by atoms with E-state index in [4.69, 9.17) is 11.5 Å². The molecule has 5 nitrogen and oxygen atoms in total. The Morgan fingerprint density at radius 3 is 2.06 bits per heavy atom. The van der Waals surface area contributed by atoms with Crippen LogP contribution in [-0.2, 0) is 4.79 Å². The third-order valence-electron chi connectivity index (χ3n) is 2.92. The molecule has 0 aliphatic rings. The summed E-state index contributed by atoms with van der Waals surface area (Å²) in [6.45, 7) is 6.79. The summed E-state index contributed by atoms with van der Waals surface area (Å²) in [6.07, 6.45) is 5.18. The fourth-order valence-corrected chi connectivity index (χ4v) is 1.78. The summed E-state index contributed by atoms with van der Waals surface area (Å²) >= 11 is 0. The van der Waals surface area contributed by atoms with Crippen LogP contribution in [0.3, 0.4) is 0 Å². The third-order valence-corrected chi connectivity index (χ3v) is 2.92. The number of nitrogens with one attached hydrogen (secondary N) is 1. The summed E-state index contributed by atoms with van der Waals surface area (Å²) in [4.78, 5) is 13.3. The lowest BCUT2D eigenvalue weighted by Gasteiger charge is -2.20. The first-order valence-electron chi connectivity index (χ1n) is 7.08. The van der Waals surface area contributed by atoms with Crippen LogP contribution in [0.5, 0.6) is 0 Å². The van der Waals surface area contributed by atoms with Crippen LogP contribution in [0.4, 0.5) is 0 Å². The Hall–Kier alpha value is -0.650. The van der Waals surface area contributed by atoms with E-state index in [1.54, 1.807) is 6.92 Å². The van der Waals surface area contributed by atoms with E-state index < -0.39 is 0 Å². The minimum Gasteiger partial charge on any atom is -0.343 e. The normalized spacial score (nSPS) is 10.6. The van der Waals surface area contributed by atoms with E-state index in [9.17, 15) is 4.79 Å². The van der Waals surface area contributed by atoms with E-state index in [-0.39, 0.29) is 5.91 Å². The Kier molecular flexibility index (Phi) is 12.3. The van der Waals surface area contributed by atoms with Crippen molar-refractivity contribution in [3.05, 3.63) is 0 Å². The van der Waals surface area contributed by atoms with Gasteiger partial charge in [0.15, 0.2) is 0 Å². The average molecular weight is 258 g/mol. The molecule has 0 unspecified atom stereocenters. The lowest BCUT2D eigenvalue weighted by Crippen LogP contribution is -2.31. The molecule has 0 aromatic rings. The Labute approximate surface area is 111 Å². The summed E-state index contributed by atoms with van der Waals surface area (Å²) in [5, 5.41) is 3.34. The molecular weight excluding hydrogens is 228 g/mol. The van der Waals surface area contributed by atoms with Crippen LogP contribution < -0.4 is 16.8 Å². The van der Waals surface area contributed by atoms with E-state index in [0.29, 0.717) is 6.54 Å². The molecule has 0 rings (SSSR count). The van der Waals surface area contributed by atoms with Crippen molar-refractivity contribution in [2.75, 3.05) is 39.3 Å². The fourth-order valence-electron chi connectivity index (χ4n) is 1.78. The van der Waals surface area contributed by atoms with Crippen molar-refractivity contribution in [1.82, 2.24) is 10.2 Å². The molecular formula is C13H30N4O. The van der Waals surface area contributed by atoms with Crippen molar-refractivity contribution in [2.45, 2.75) is 39.0 Å². The Morgan fingerprint density at radius 1 is 0.944 bits per heavy atom. The van der Waals surface area contributed by atoms with E-state index >= 15 is 0 Å². The second kappa shape index (κ2) is 12.8. The molecule has 0 atom stereocenters. The lowest BCUT2D eigenvalue weighted by molar-refractivity contribution is -0.129. The Balaban J connectivity index is 3.49. The molecule has 108 valence electrons. The number of unbranched alkanes of at least 4 members (excludes halogenated alkanes) is 2. The minimum absolute atomic E-state index is 0.170. The van der Waals surface area contributed by atoms with Gasteiger partial charge in [0.2, 0.25) is 5.91 Å². The molecule has 0 bridgehead atoms. The van der Waals surface area contributed by atoms with Crippen LogP contribution in [0.2, 0.25) is 0 Å². The number of amides is 1. The molecule has 0 aliphatic heterocycles. The molecule has 5 heteroatoms. The summed E-state index contributed by atoms with van der Waals surface area (Å²) < 4.78 is 0. The second-order valence-electron chi connectivity index (χ2n) is 4.60. The van der Waals surface area contributed by atoms with Crippen molar-refractivity contribution in [3.63, 3.8) is 0 Å². The average Bonchev–Trinajstić information content (AvgIpc) is 2.35. The minimum atomic E-state index is 0.170. The smallest absolute Gasteiger partial charge is 0.219 e. The Morgan fingerprint density at radius 2 is 1.50 bits per heavy atom. The van der Waals surface area contributed by atoms with Gasteiger partial charge in [0.25, 0.3) is 0 Å².